The third kappa shape index (κ3) is 8.38. The van der Waals surface area contributed by atoms with Crippen molar-refractivity contribution in [2.24, 2.45) is 10.9 Å². The Morgan fingerprint density at radius 1 is 1.33 bits per heavy atom. The fourth-order valence-electron chi connectivity index (χ4n) is 2.54. The molecule has 0 radical (unpaired) electrons. The van der Waals surface area contributed by atoms with E-state index >= 15 is 0 Å². The summed E-state index contributed by atoms with van der Waals surface area (Å²) in [5.41, 5.74) is -0.453. The Balaban J connectivity index is 2.50. The Hall–Kier alpha value is -1.50. The van der Waals surface area contributed by atoms with Crippen molar-refractivity contribution >= 4 is 12.1 Å². The van der Waals surface area contributed by atoms with Gasteiger partial charge < -0.3 is 25.0 Å². The number of guanidine groups is 1. The molecule has 1 aliphatic heterocycles. The second kappa shape index (κ2) is 10.4. The molecule has 1 saturated heterocycles. The summed E-state index contributed by atoms with van der Waals surface area (Å²) >= 11 is 0. The van der Waals surface area contributed by atoms with Crippen LogP contribution in [0.4, 0.5) is 4.79 Å². The van der Waals surface area contributed by atoms with E-state index in [4.69, 9.17) is 9.47 Å². The standard InChI is InChI=1S/C17H34N4O3/c1-6-18-15(19-9-11-23-5)20-12-14-8-7-10-21(13-14)16(22)24-17(2,3)4/h14H,6-13H2,1-5H3,(H2,18,19,20). The Bertz CT molecular complexity index is 407. The van der Waals surface area contributed by atoms with Crippen LogP contribution in [0, 0.1) is 5.92 Å². The van der Waals surface area contributed by atoms with Crippen LogP contribution >= 0.6 is 0 Å². The van der Waals surface area contributed by atoms with E-state index in [0.717, 1.165) is 38.4 Å². The van der Waals surface area contributed by atoms with Gasteiger partial charge in [-0.05, 0) is 46.5 Å². The van der Waals surface area contributed by atoms with Crippen LogP contribution in [0.5, 0.6) is 0 Å². The second-order valence-corrected chi connectivity index (χ2v) is 7.07. The van der Waals surface area contributed by atoms with Gasteiger partial charge >= 0.3 is 6.09 Å². The third-order valence-electron chi connectivity index (χ3n) is 3.62. The summed E-state index contributed by atoms with van der Waals surface area (Å²) in [5.74, 6) is 1.16. The van der Waals surface area contributed by atoms with Gasteiger partial charge in [0.25, 0.3) is 0 Å². The molecule has 0 aromatic heterocycles. The molecule has 1 aliphatic rings. The minimum atomic E-state index is -0.453. The van der Waals surface area contributed by atoms with E-state index in [-0.39, 0.29) is 6.09 Å². The molecule has 7 heteroatoms. The van der Waals surface area contributed by atoms with Gasteiger partial charge in [0.1, 0.15) is 5.60 Å². The lowest BCUT2D eigenvalue weighted by Crippen LogP contribution is -2.44. The maximum absolute atomic E-state index is 12.2. The number of ether oxygens (including phenoxy) is 2. The zero-order chi connectivity index (χ0) is 18.0. The number of rotatable bonds is 6. The molecule has 7 nitrogen and oxygen atoms in total. The number of aliphatic imine (C=N–C) groups is 1. The smallest absolute Gasteiger partial charge is 0.410 e. The van der Waals surface area contributed by atoms with Gasteiger partial charge in [0.05, 0.1) is 6.61 Å². The van der Waals surface area contributed by atoms with Crippen LogP contribution in [-0.4, -0.2) is 69.0 Å². The van der Waals surface area contributed by atoms with Crippen LogP contribution in [0.2, 0.25) is 0 Å². The highest BCUT2D eigenvalue weighted by atomic mass is 16.6. The molecule has 24 heavy (non-hydrogen) atoms. The molecular formula is C17H34N4O3. The number of nitrogens with zero attached hydrogens (tertiary/aromatic N) is 2. The van der Waals surface area contributed by atoms with Gasteiger partial charge in [0.15, 0.2) is 5.96 Å². The maximum Gasteiger partial charge on any atom is 0.410 e. The zero-order valence-corrected chi connectivity index (χ0v) is 15.9. The summed E-state index contributed by atoms with van der Waals surface area (Å²) in [7, 11) is 1.68. The van der Waals surface area contributed by atoms with E-state index in [1.165, 1.54) is 0 Å². The predicted molar refractivity (Wildman–Crippen MR) is 96.4 cm³/mol. The number of nitrogens with one attached hydrogen (secondary N) is 2. The van der Waals surface area contributed by atoms with Crippen molar-refractivity contribution in [2.75, 3.05) is 46.4 Å². The maximum atomic E-state index is 12.2. The molecule has 0 spiro atoms. The van der Waals surface area contributed by atoms with Gasteiger partial charge in [-0.2, -0.15) is 0 Å². The van der Waals surface area contributed by atoms with Crippen molar-refractivity contribution < 1.29 is 14.3 Å². The average Bonchev–Trinajstić information content (AvgIpc) is 2.51. The highest BCUT2D eigenvalue weighted by molar-refractivity contribution is 5.79. The SMILES string of the molecule is CCNC(=NCC1CCCN(C(=O)OC(C)(C)C)C1)NCCOC. The van der Waals surface area contributed by atoms with Crippen molar-refractivity contribution in [3.63, 3.8) is 0 Å². The molecule has 0 aliphatic carbocycles. The van der Waals surface area contributed by atoms with E-state index in [9.17, 15) is 4.79 Å². The first-order chi connectivity index (χ1) is 11.4. The summed E-state index contributed by atoms with van der Waals surface area (Å²) in [6.45, 7) is 12.1. The highest BCUT2D eigenvalue weighted by Gasteiger charge is 2.27. The first-order valence-electron chi connectivity index (χ1n) is 8.84. The summed E-state index contributed by atoms with van der Waals surface area (Å²) in [4.78, 5) is 18.6. The quantitative estimate of drug-likeness (QED) is 0.438. The van der Waals surface area contributed by atoms with Gasteiger partial charge in [-0.3, -0.25) is 4.99 Å². The molecular weight excluding hydrogens is 308 g/mol. The number of piperidine rings is 1. The van der Waals surface area contributed by atoms with Crippen molar-refractivity contribution in [3.8, 4) is 0 Å². The van der Waals surface area contributed by atoms with Crippen LogP contribution in [0.15, 0.2) is 4.99 Å². The molecule has 1 atom stereocenters. The lowest BCUT2D eigenvalue weighted by Gasteiger charge is -2.33. The first-order valence-corrected chi connectivity index (χ1v) is 8.84. The molecule has 0 saturated carbocycles. The number of carbonyl (C=O) groups is 1. The lowest BCUT2D eigenvalue weighted by molar-refractivity contribution is 0.0170. The number of hydrogen-bond acceptors (Lipinski definition) is 4. The first kappa shape index (κ1) is 20.5. The number of carbonyl (C=O) groups excluding carboxylic acids is 1. The fraction of sp³-hybridized carbons (Fsp3) is 0.882. The molecule has 1 unspecified atom stereocenters. The molecule has 0 bridgehead atoms. The molecule has 140 valence electrons. The van der Waals surface area contributed by atoms with E-state index in [1.54, 1.807) is 12.0 Å². The van der Waals surface area contributed by atoms with Gasteiger partial charge in [0.2, 0.25) is 0 Å². The topological polar surface area (TPSA) is 75.2 Å². The second-order valence-electron chi connectivity index (χ2n) is 7.07. The summed E-state index contributed by atoms with van der Waals surface area (Å²) in [5, 5.41) is 6.46. The van der Waals surface area contributed by atoms with Crippen LogP contribution in [0.1, 0.15) is 40.5 Å². The largest absolute Gasteiger partial charge is 0.444 e. The minimum Gasteiger partial charge on any atom is -0.444 e. The molecule has 1 amide bonds. The summed E-state index contributed by atoms with van der Waals surface area (Å²) < 4.78 is 10.5. The minimum absolute atomic E-state index is 0.221. The van der Waals surface area contributed by atoms with E-state index < -0.39 is 5.60 Å². The van der Waals surface area contributed by atoms with Gasteiger partial charge in [-0.15, -0.1) is 0 Å². The van der Waals surface area contributed by atoms with Crippen LogP contribution in [0.3, 0.4) is 0 Å². The number of hydrogen-bond donors (Lipinski definition) is 2. The number of methoxy groups -OCH3 is 1. The monoisotopic (exact) mass is 342 g/mol. The van der Waals surface area contributed by atoms with E-state index in [0.29, 0.717) is 25.6 Å². The Kier molecular flexibility index (Phi) is 8.89. The van der Waals surface area contributed by atoms with Crippen molar-refractivity contribution in [2.45, 2.75) is 46.1 Å². The van der Waals surface area contributed by atoms with Gasteiger partial charge in [0, 0.05) is 39.8 Å². The van der Waals surface area contributed by atoms with Crippen LogP contribution in [-0.2, 0) is 9.47 Å². The van der Waals surface area contributed by atoms with E-state index in [2.05, 4.69) is 15.6 Å². The Morgan fingerprint density at radius 2 is 2.08 bits per heavy atom. The number of amides is 1. The van der Waals surface area contributed by atoms with E-state index in [1.807, 2.05) is 27.7 Å². The van der Waals surface area contributed by atoms with Crippen LogP contribution in [0.25, 0.3) is 0 Å². The molecule has 1 rings (SSSR count). The summed E-state index contributed by atoms with van der Waals surface area (Å²) in [6.07, 6.45) is 1.86. The average molecular weight is 342 g/mol. The highest BCUT2D eigenvalue weighted by Crippen LogP contribution is 2.19. The van der Waals surface area contributed by atoms with Crippen molar-refractivity contribution in [1.29, 1.82) is 0 Å². The Morgan fingerprint density at radius 3 is 2.71 bits per heavy atom. The van der Waals surface area contributed by atoms with Crippen molar-refractivity contribution in [3.05, 3.63) is 0 Å². The molecule has 2 N–H and O–H groups in total. The summed E-state index contributed by atoms with van der Waals surface area (Å²) in [6, 6.07) is 0. The molecule has 1 fully saturated rings. The van der Waals surface area contributed by atoms with Gasteiger partial charge in [-0.25, -0.2) is 4.79 Å². The molecule has 1 heterocycles. The molecule has 0 aromatic rings. The van der Waals surface area contributed by atoms with Gasteiger partial charge in [-0.1, -0.05) is 0 Å². The predicted octanol–water partition coefficient (Wildman–Crippen LogP) is 1.84. The number of likely N-dealkylation sites (tertiary alicyclic amines) is 1. The lowest BCUT2D eigenvalue weighted by atomic mass is 9.98. The van der Waals surface area contributed by atoms with Crippen molar-refractivity contribution in [1.82, 2.24) is 15.5 Å². The zero-order valence-electron chi connectivity index (χ0n) is 15.9. The van der Waals surface area contributed by atoms with Crippen LogP contribution < -0.4 is 10.6 Å². The normalized spacial score (nSPS) is 19.1. The third-order valence-corrected chi connectivity index (χ3v) is 3.62. The Labute approximate surface area is 146 Å². The fourth-order valence-corrected chi connectivity index (χ4v) is 2.54. The molecule has 0 aromatic carbocycles.